The van der Waals surface area contributed by atoms with Crippen LogP contribution in [0.2, 0.25) is 5.02 Å². The van der Waals surface area contributed by atoms with E-state index in [9.17, 15) is 9.90 Å². The summed E-state index contributed by atoms with van der Waals surface area (Å²) in [5, 5.41) is 16.4. The smallest absolute Gasteiger partial charge is 0.281 e. The van der Waals surface area contributed by atoms with Crippen molar-refractivity contribution >= 4 is 23.2 Å². The number of methoxy groups -OCH3 is 2. The molecule has 6 nitrogen and oxygen atoms in total. The molecular formula is C24H23ClN2O4. The lowest BCUT2D eigenvalue weighted by atomic mass is 9.85. The predicted octanol–water partition coefficient (Wildman–Crippen LogP) is 4.13. The van der Waals surface area contributed by atoms with Gasteiger partial charge in [0.25, 0.3) is 5.91 Å². The number of halogens is 1. The minimum absolute atomic E-state index is 0.371. The third kappa shape index (κ3) is 4.87. The summed E-state index contributed by atoms with van der Waals surface area (Å²) in [6.45, 7) is 1.75. The van der Waals surface area contributed by atoms with Crippen molar-refractivity contribution in [2.75, 3.05) is 14.2 Å². The average molecular weight is 439 g/mol. The van der Waals surface area contributed by atoms with Crippen molar-refractivity contribution in [2.45, 2.75) is 12.5 Å². The fraction of sp³-hybridized carbons (Fsp3) is 0.167. The molecule has 0 aliphatic rings. The Labute approximate surface area is 186 Å². The molecule has 3 aromatic carbocycles. The van der Waals surface area contributed by atoms with Gasteiger partial charge in [0.05, 0.1) is 19.9 Å². The molecule has 0 aliphatic carbocycles. The number of ether oxygens (including phenoxy) is 2. The first-order chi connectivity index (χ1) is 14.9. The third-order valence-electron chi connectivity index (χ3n) is 4.93. The Morgan fingerprint density at radius 1 is 0.871 bits per heavy atom. The van der Waals surface area contributed by atoms with Crippen LogP contribution in [0.3, 0.4) is 0 Å². The first-order valence-electron chi connectivity index (χ1n) is 9.50. The summed E-state index contributed by atoms with van der Waals surface area (Å²) in [5.74, 6) is 0.520. The van der Waals surface area contributed by atoms with Gasteiger partial charge < -0.3 is 14.6 Å². The maximum Gasteiger partial charge on any atom is 0.281 e. The van der Waals surface area contributed by atoms with Gasteiger partial charge in [-0.25, -0.2) is 5.43 Å². The number of aliphatic hydroxyl groups is 1. The van der Waals surface area contributed by atoms with E-state index in [1.54, 1.807) is 93.9 Å². The molecule has 0 saturated carbocycles. The summed E-state index contributed by atoms with van der Waals surface area (Å²) in [7, 11) is 3.09. The second-order valence-electron chi connectivity index (χ2n) is 6.81. The summed E-state index contributed by atoms with van der Waals surface area (Å²) < 4.78 is 10.4. The fourth-order valence-electron chi connectivity index (χ4n) is 3.06. The van der Waals surface area contributed by atoms with Crippen LogP contribution in [0, 0.1) is 0 Å². The van der Waals surface area contributed by atoms with Crippen LogP contribution in [0.15, 0.2) is 77.9 Å². The number of rotatable bonds is 7. The van der Waals surface area contributed by atoms with Crippen molar-refractivity contribution in [1.29, 1.82) is 0 Å². The summed E-state index contributed by atoms with van der Waals surface area (Å²) in [6.07, 6.45) is 0. The van der Waals surface area contributed by atoms with Crippen LogP contribution in [0.1, 0.15) is 23.6 Å². The van der Waals surface area contributed by atoms with Crippen LogP contribution >= 0.6 is 11.6 Å². The van der Waals surface area contributed by atoms with Gasteiger partial charge in [0.15, 0.2) is 5.60 Å². The molecule has 0 fully saturated rings. The third-order valence-corrected chi connectivity index (χ3v) is 5.18. The molecule has 0 aliphatic heterocycles. The second kappa shape index (κ2) is 9.64. The van der Waals surface area contributed by atoms with Crippen LogP contribution < -0.4 is 14.9 Å². The zero-order chi connectivity index (χ0) is 22.4. The predicted molar refractivity (Wildman–Crippen MR) is 121 cm³/mol. The van der Waals surface area contributed by atoms with Gasteiger partial charge >= 0.3 is 0 Å². The molecule has 0 bridgehead atoms. The van der Waals surface area contributed by atoms with E-state index in [0.717, 1.165) is 5.56 Å². The van der Waals surface area contributed by atoms with Gasteiger partial charge in [-0.1, -0.05) is 48.0 Å². The van der Waals surface area contributed by atoms with E-state index in [-0.39, 0.29) is 0 Å². The van der Waals surface area contributed by atoms with E-state index in [1.165, 1.54) is 0 Å². The standard InChI is InChI=1S/C24H23ClN2O4/c1-16(17-4-10-20(25)11-5-17)26-27-23(28)24(29,18-6-12-21(30-2)13-7-18)19-8-14-22(31-3)15-9-19/h4-15,29H,1-3H3,(H,27,28). The van der Waals surface area contributed by atoms with E-state index in [2.05, 4.69) is 10.5 Å². The molecule has 3 rings (SSSR count). The lowest BCUT2D eigenvalue weighted by Crippen LogP contribution is -2.43. The highest BCUT2D eigenvalue weighted by Gasteiger charge is 2.40. The summed E-state index contributed by atoms with van der Waals surface area (Å²) in [4.78, 5) is 13.2. The van der Waals surface area contributed by atoms with E-state index in [4.69, 9.17) is 21.1 Å². The quantitative estimate of drug-likeness (QED) is 0.429. The highest BCUT2D eigenvalue weighted by atomic mass is 35.5. The Kier molecular flexibility index (Phi) is 6.95. The lowest BCUT2D eigenvalue weighted by molar-refractivity contribution is -0.136. The molecule has 0 saturated heterocycles. The number of carbonyl (C=O) groups is 1. The van der Waals surface area contributed by atoms with Gasteiger partial charge in [-0.15, -0.1) is 0 Å². The largest absolute Gasteiger partial charge is 0.497 e. The van der Waals surface area contributed by atoms with Crippen LogP contribution in [0.25, 0.3) is 0 Å². The number of carbonyl (C=O) groups excluding carboxylic acids is 1. The lowest BCUT2D eigenvalue weighted by Gasteiger charge is -2.27. The minimum Gasteiger partial charge on any atom is -0.497 e. The number of nitrogens with one attached hydrogen (secondary N) is 1. The van der Waals surface area contributed by atoms with Crippen molar-refractivity contribution in [2.24, 2.45) is 5.10 Å². The van der Waals surface area contributed by atoms with Crippen molar-refractivity contribution in [3.63, 3.8) is 0 Å². The number of hydrazone groups is 1. The zero-order valence-corrected chi connectivity index (χ0v) is 18.2. The van der Waals surface area contributed by atoms with Crippen molar-refractivity contribution in [3.05, 3.63) is 94.5 Å². The van der Waals surface area contributed by atoms with Crippen LogP contribution in [-0.4, -0.2) is 30.9 Å². The van der Waals surface area contributed by atoms with Gasteiger partial charge in [-0.05, 0) is 60.0 Å². The monoisotopic (exact) mass is 438 g/mol. The fourth-order valence-corrected chi connectivity index (χ4v) is 3.19. The number of amides is 1. The molecule has 0 unspecified atom stereocenters. The molecule has 7 heteroatoms. The second-order valence-corrected chi connectivity index (χ2v) is 7.25. The van der Waals surface area contributed by atoms with Crippen molar-refractivity contribution < 1.29 is 19.4 Å². The van der Waals surface area contributed by atoms with Crippen molar-refractivity contribution in [1.82, 2.24) is 5.43 Å². The molecule has 160 valence electrons. The SMILES string of the molecule is COc1ccc(C(O)(C(=O)NN=C(C)c2ccc(Cl)cc2)c2ccc(OC)cc2)cc1. The first kappa shape index (κ1) is 22.3. The van der Waals surface area contributed by atoms with E-state index >= 15 is 0 Å². The molecule has 0 atom stereocenters. The maximum atomic E-state index is 13.2. The van der Waals surface area contributed by atoms with Crippen LogP contribution in [0.4, 0.5) is 0 Å². The van der Waals surface area contributed by atoms with Gasteiger partial charge in [-0.3, -0.25) is 4.79 Å². The zero-order valence-electron chi connectivity index (χ0n) is 17.4. The van der Waals surface area contributed by atoms with Gasteiger partial charge in [0, 0.05) is 5.02 Å². The molecular weight excluding hydrogens is 416 g/mol. The number of nitrogens with zero attached hydrogens (tertiary/aromatic N) is 1. The summed E-state index contributed by atoms with van der Waals surface area (Å²) in [5.41, 5.74) is 2.61. The summed E-state index contributed by atoms with van der Waals surface area (Å²) >= 11 is 5.92. The highest BCUT2D eigenvalue weighted by Crippen LogP contribution is 2.32. The molecule has 31 heavy (non-hydrogen) atoms. The summed E-state index contributed by atoms with van der Waals surface area (Å²) in [6, 6.07) is 20.3. The maximum absolute atomic E-state index is 13.2. The van der Waals surface area contributed by atoms with E-state index in [0.29, 0.717) is 33.4 Å². The Hall–Kier alpha value is -3.35. The first-order valence-corrected chi connectivity index (χ1v) is 9.88. The molecule has 0 aromatic heterocycles. The Bertz CT molecular complexity index is 1010. The van der Waals surface area contributed by atoms with Gasteiger partial charge in [0.2, 0.25) is 0 Å². The number of hydrogen-bond donors (Lipinski definition) is 2. The number of hydrogen-bond acceptors (Lipinski definition) is 5. The van der Waals surface area contributed by atoms with Crippen LogP contribution in [-0.2, 0) is 10.4 Å². The molecule has 1 amide bonds. The topological polar surface area (TPSA) is 80.2 Å². The normalized spacial score (nSPS) is 11.7. The van der Waals surface area contributed by atoms with Crippen LogP contribution in [0.5, 0.6) is 11.5 Å². The average Bonchev–Trinajstić information content (AvgIpc) is 2.82. The molecule has 2 N–H and O–H groups in total. The molecule has 0 heterocycles. The van der Waals surface area contributed by atoms with Gasteiger partial charge in [0.1, 0.15) is 11.5 Å². The molecule has 3 aromatic rings. The minimum atomic E-state index is -1.98. The van der Waals surface area contributed by atoms with E-state index < -0.39 is 11.5 Å². The molecule has 0 spiro atoms. The Morgan fingerprint density at radius 2 is 1.32 bits per heavy atom. The number of benzene rings is 3. The Balaban J connectivity index is 1.96. The molecule has 0 radical (unpaired) electrons. The van der Waals surface area contributed by atoms with E-state index in [1.807, 2.05) is 0 Å². The van der Waals surface area contributed by atoms with Crippen molar-refractivity contribution in [3.8, 4) is 11.5 Å². The highest BCUT2D eigenvalue weighted by molar-refractivity contribution is 6.30. The Morgan fingerprint density at radius 3 is 1.74 bits per heavy atom. The van der Waals surface area contributed by atoms with Gasteiger partial charge in [-0.2, -0.15) is 5.10 Å².